The number of carbonyl (C=O) groups is 2. The van der Waals surface area contributed by atoms with E-state index in [1.165, 1.54) is 32.0 Å². The molecule has 8 nitrogen and oxygen atoms in total. The number of nitrogens with two attached hydrogens (primary N) is 1. The minimum atomic E-state index is -3.90. The Hall–Kier alpha value is -2.13. The van der Waals surface area contributed by atoms with Gasteiger partial charge in [0.1, 0.15) is 0 Å². The van der Waals surface area contributed by atoms with Crippen LogP contribution in [0.25, 0.3) is 0 Å². The Labute approximate surface area is 122 Å². The number of amides is 1. The average Bonchev–Trinajstić information content (AvgIpc) is 2.35. The molecule has 116 valence electrons. The highest BCUT2D eigenvalue weighted by Gasteiger charge is 2.25. The van der Waals surface area contributed by atoms with Crippen molar-refractivity contribution in [2.75, 3.05) is 10.0 Å². The van der Waals surface area contributed by atoms with Crippen molar-refractivity contribution in [3.05, 3.63) is 24.3 Å². The van der Waals surface area contributed by atoms with Crippen LogP contribution in [0.3, 0.4) is 0 Å². The molecule has 0 spiro atoms. The second-order valence-corrected chi connectivity index (χ2v) is 5.93. The molecule has 2 atom stereocenters. The molecule has 0 aliphatic heterocycles. The molecule has 1 rings (SSSR count). The molecular weight excluding hydrogens is 298 g/mol. The first-order valence-corrected chi connectivity index (χ1v) is 7.59. The molecule has 0 saturated heterocycles. The van der Waals surface area contributed by atoms with Crippen LogP contribution in [0.15, 0.2) is 24.3 Å². The summed E-state index contributed by atoms with van der Waals surface area (Å²) in [4.78, 5) is 22.8. The molecule has 0 aromatic heterocycles. The van der Waals surface area contributed by atoms with Crippen molar-refractivity contribution in [3.63, 3.8) is 0 Å². The van der Waals surface area contributed by atoms with E-state index in [1.807, 2.05) is 0 Å². The number of rotatable bonds is 6. The average molecular weight is 315 g/mol. The van der Waals surface area contributed by atoms with E-state index in [0.29, 0.717) is 5.69 Å². The Bertz CT molecular complexity index is 644. The number of aliphatic carboxylic acids is 1. The number of carbonyl (C=O) groups excluding carboxylic acids is 1. The van der Waals surface area contributed by atoms with Crippen molar-refractivity contribution in [2.45, 2.75) is 13.8 Å². The molecule has 0 saturated carbocycles. The zero-order valence-corrected chi connectivity index (χ0v) is 12.3. The predicted octanol–water partition coefficient (Wildman–Crippen LogP) is 0.597. The van der Waals surface area contributed by atoms with E-state index in [4.69, 9.17) is 10.2 Å². The molecule has 0 heterocycles. The topological polar surface area (TPSA) is 139 Å². The van der Waals surface area contributed by atoms with Crippen LogP contribution < -0.4 is 15.2 Å². The van der Waals surface area contributed by atoms with Crippen LogP contribution in [-0.4, -0.2) is 25.4 Å². The highest BCUT2D eigenvalue weighted by atomic mass is 32.2. The van der Waals surface area contributed by atoms with Gasteiger partial charge in [-0.15, -0.1) is 0 Å². The Kier molecular flexibility index (Phi) is 5.28. The number of nitrogens with one attached hydrogen (secondary N) is 2. The smallest absolute Gasteiger partial charge is 0.307 e. The summed E-state index contributed by atoms with van der Waals surface area (Å²) in [7, 11) is -3.90. The van der Waals surface area contributed by atoms with Crippen LogP contribution >= 0.6 is 0 Å². The van der Waals surface area contributed by atoms with E-state index in [0.717, 1.165) is 0 Å². The lowest BCUT2D eigenvalue weighted by Crippen LogP contribution is -2.30. The van der Waals surface area contributed by atoms with Crippen molar-refractivity contribution in [3.8, 4) is 0 Å². The molecule has 5 N–H and O–H groups in total. The molecule has 1 amide bonds. The van der Waals surface area contributed by atoms with Crippen LogP contribution in [-0.2, 0) is 19.8 Å². The monoisotopic (exact) mass is 315 g/mol. The maximum absolute atomic E-state index is 11.9. The predicted molar refractivity (Wildman–Crippen MR) is 77.8 cm³/mol. The maximum Gasteiger partial charge on any atom is 0.307 e. The highest BCUT2D eigenvalue weighted by molar-refractivity contribution is 7.90. The first-order chi connectivity index (χ1) is 9.60. The van der Waals surface area contributed by atoms with Crippen LogP contribution in [0, 0.1) is 11.8 Å². The van der Waals surface area contributed by atoms with Gasteiger partial charge in [0.2, 0.25) is 5.91 Å². The fourth-order valence-electron chi connectivity index (χ4n) is 1.52. The third-order valence-electron chi connectivity index (χ3n) is 2.94. The van der Waals surface area contributed by atoms with Gasteiger partial charge in [0.05, 0.1) is 11.6 Å². The number of carboxylic acid groups (broad SMARTS) is 1. The Morgan fingerprint density at radius 3 is 2.29 bits per heavy atom. The van der Waals surface area contributed by atoms with Crippen molar-refractivity contribution in [2.24, 2.45) is 17.0 Å². The van der Waals surface area contributed by atoms with Gasteiger partial charge in [-0.05, 0) is 18.2 Å². The lowest BCUT2D eigenvalue weighted by molar-refractivity contribution is -0.145. The first-order valence-electron chi connectivity index (χ1n) is 6.04. The molecule has 2 unspecified atom stereocenters. The zero-order valence-electron chi connectivity index (χ0n) is 11.5. The van der Waals surface area contributed by atoms with Crippen LogP contribution in [0.2, 0.25) is 0 Å². The second kappa shape index (κ2) is 6.55. The third-order valence-corrected chi connectivity index (χ3v) is 3.46. The van der Waals surface area contributed by atoms with Crippen LogP contribution in [0.1, 0.15) is 13.8 Å². The summed E-state index contributed by atoms with van der Waals surface area (Å²) in [6, 6.07) is 5.91. The molecule has 0 aliphatic carbocycles. The van der Waals surface area contributed by atoms with Gasteiger partial charge < -0.3 is 10.4 Å². The molecule has 0 radical (unpaired) electrons. The van der Waals surface area contributed by atoms with Crippen LogP contribution in [0.5, 0.6) is 0 Å². The van der Waals surface area contributed by atoms with Crippen molar-refractivity contribution in [1.29, 1.82) is 0 Å². The molecule has 0 bridgehead atoms. The van der Waals surface area contributed by atoms with Crippen molar-refractivity contribution < 1.29 is 23.1 Å². The van der Waals surface area contributed by atoms with Gasteiger partial charge >= 0.3 is 5.97 Å². The molecular formula is C12H17N3O5S. The molecule has 1 aromatic rings. The highest BCUT2D eigenvalue weighted by Crippen LogP contribution is 2.18. The van der Waals surface area contributed by atoms with E-state index in [1.54, 1.807) is 6.07 Å². The number of hydrogen-bond donors (Lipinski definition) is 4. The van der Waals surface area contributed by atoms with Gasteiger partial charge in [-0.2, -0.15) is 8.42 Å². The zero-order chi connectivity index (χ0) is 16.2. The van der Waals surface area contributed by atoms with Gasteiger partial charge in [-0.3, -0.25) is 14.3 Å². The van der Waals surface area contributed by atoms with Gasteiger partial charge in [0.25, 0.3) is 10.2 Å². The summed E-state index contributed by atoms with van der Waals surface area (Å²) in [5, 5.41) is 16.2. The Balaban J connectivity index is 2.82. The van der Waals surface area contributed by atoms with Crippen molar-refractivity contribution >= 4 is 33.5 Å². The maximum atomic E-state index is 11.9. The standard InChI is InChI=1S/C12H17N3O5S/c1-7(8(2)12(17)18)11(16)14-9-4-3-5-10(6-9)15-21(13,19)20/h3-8,15H,1-2H3,(H,14,16)(H,17,18)(H2,13,19,20). The first kappa shape index (κ1) is 16.9. The van der Waals surface area contributed by atoms with E-state index in [9.17, 15) is 18.0 Å². The quantitative estimate of drug-likeness (QED) is 0.608. The third kappa shape index (κ3) is 5.40. The van der Waals surface area contributed by atoms with Gasteiger partial charge in [-0.25, -0.2) is 5.14 Å². The number of benzene rings is 1. The number of hydrogen-bond acceptors (Lipinski definition) is 4. The van der Waals surface area contributed by atoms with E-state index < -0.39 is 33.9 Å². The molecule has 0 aliphatic rings. The summed E-state index contributed by atoms with van der Waals surface area (Å²) in [5.74, 6) is -3.12. The fourth-order valence-corrected chi connectivity index (χ4v) is 1.98. The summed E-state index contributed by atoms with van der Waals surface area (Å²) in [6.45, 7) is 2.94. The summed E-state index contributed by atoms with van der Waals surface area (Å²) >= 11 is 0. The Morgan fingerprint density at radius 2 is 1.76 bits per heavy atom. The van der Waals surface area contributed by atoms with E-state index in [-0.39, 0.29) is 5.69 Å². The summed E-state index contributed by atoms with van der Waals surface area (Å²) < 4.78 is 23.9. The normalized spacial score (nSPS) is 14.0. The fraction of sp³-hybridized carbons (Fsp3) is 0.333. The summed E-state index contributed by atoms with van der Waals surface area (Å²) in [6.07, 6.45) is 0. The van der Waals surface area contributed by atoms with Gasteiger partial charge in [0, 0.05) is 11.6 Å². The summed E-state index contributed by atoms with van der Waals surface area (Å²) in [5.41, 5.74) is 0.521. The van der Waals surface area contributed by atoms with Crippen molar-refractivity contribution in [1.82, 2.24) is 0 Å². The number of carboxylic acids is 1. The lowest BCUT2D eigenvalue weighted by atomic mass is 9.95. The van der Waals surface area contributed by atoms with Gasteiger partial charge in [-0.1, -0.05) is 19.9 Å². The molecule has 0 fully saturated rings. The molecule has 9 heteroatoms. The number of anilines is 2. The SMILES string of the molecule is CC(C(=O)O)C(C)C(=O)Nc1cccc(NS(N)(=O)=O)c1. The van der Waals surface area contributed by atoms with E-state index >= 15 is 0 Å². The minimum Gasteiger partial charge on any atom is -0.481 e. The van der Waals surface area contributed by atoms with Gasteiger partial charge in [0.15, 0.2) is 0 Å². The van der Waals surface area contributed by atoms with Crippen LogP contribution in [0.4, 0.5) is 11.4 Å². The molecule has 1 aromatic carbocycles. The Morgan fingerprint density at radius 1 is 1.19 bits per heavy atom. The van der Waals surface area contributed by atoms with E-state index in [2.05, 4.69) is 10.0 Å². The molecule has 21 heavy (non-hydrogen) atoms. The lowest BCUT2D eigenvalue weighted by Gasteiger charge is -2.16. The minimum absolute atomic E-state index is 0.189. The second-order valence-electron chi connectivity index (χ2n) is 4.63. The largest absolute Gasteiger partial charge is 0.481 e.